The van der Waals surface area contributed by atoms with Crippen LogP contribution in [0.5, 0.6) is 0 Å². The van der Waals surface area contributed by atoms with Gasteiger partial charge in [-0.25, -0.2) is 10.3 Å². The van der Waals surface area contributed by atoms with E-state index in [4.69, 9.17) is 0 Å². The summed E-state index contributed by atoms with van der Waals surface area (Å²) in [6, 6.07) is -0.327. The normalized spacial score (nSPS) is 8.25. The van der Waals surface area contributed by atoms with Crippen LogP contribution in [0.4, 0.5) is 4.79 Å². The van der Waals surface area contributed by atoms with E-state index in [0.29, 0.717) is 6.61 Å². The van der Waals surface area contributed by atoms with Crippen molar-refractivity contribution in [3.63, 3.8) is 0 Å². The summed E-state index contributed by atoms with van der Waals surface area (Å²) in [4.78, 5) is 14.7. The van der Waals surface area contributed by atoms with E-state index in [9.17, 15) is 4.79 Å². The predicted molar refractivity (Wildman–Crippen MR) is 29.2 cm³/mol. The van der Waals surface area contributed by atoms with Gasteiger partial charge in [0, 0.05) is 7.05 Å². The highest BCUT2D eigenvalue weighted by atomic mass is 16.7. The smallest absolute Gasteiger partial charge is 0.338 e. The Labute approximate surface area is 48.2 Å². The minimum atomic E-state index is -0.327. The molecule has 4 nitrogen and oxygen atoms in total. The Hall–Kier alpha value is -0.770. The minimum absolute atomic E-state index is 0.327. The second-order valence-electron chi connectivity index (χ2n) is 1.11. The van der Waals surface area contributed by atoms with Crippen LogP contribution >= 0.6 is 0 Å². The summed E-state index contributed by atoms with van der Waals surface area (Å²) < 4.78 is 0. The lowest BCUT2D eigenvalue weighted by Gasteiger charge is -1.99. The van der Waals surface area contributed by atoms with E-state index >= 15 is 0 Å². The SMILES string of the molecule is CCONC(=O)NC. The lowest BCUT2D eigenvalue weighted by molar-refractivity contribution is 0.0714. The molecule has 0 fully saturated rings. The third-order valence-corrected chi connectivity index (χ3v) is 0.536. The van der Waals surface area contributed by atoms with Gasteiger partial charge in [0.05, 0.1) is 6.61 Å². The van der Waals surface area contributed by atoms with Crippen LogP contribution in [0.1, 0.15) is 6.92 Å². The predicted octanol–water partition coefficient (Wildman–Crippen LogP) is -0.133. The van der Waals surface area contributed by atoms with Gasteiger partial charge >= 0.3 is 6.03 Å². The quantitative estimate of drug-likeness (QED) is 0.496. The minimum Gasteiger partial charge on any atom is -0.339 e. The average Bonchev–Trinajstić information content (AvgIpc) is 1.83. The molecule has 0 spiro atoms. The first-order valence-corrected chi connectivity index (χ1v) is 2.40. The molecule has 0 saturated carbocycles. The lowest BCUT2D eigenvalue weighted by atomic mass is 10.9. The van der Waals surface area contributed by atoms with Crippen LogP contribution in [0.25, 0.3) is 0 Å². The number of amides is 2. The fourth-order valence-corrected chi connectivity index (χ4v) is 0.189. The maximum Gasteiger partial charge on any atom is 0.338 e. The molecule has 0 aromatic rings. The molecule has 0 saturated heterocycles. The Kier molecular flexibility index (Phi) is 3.97. The lowest BCUT2D eigenvalue weighted by Crippen LogP contribution is -2.32. The highest BCUT2D eigenvalue weighted by Crippen LogP contribution is 1.63. The number of urea groups is 1. The molecule has 0 aromatic carbocycles. The van der Waals surface area contributed by atoms with E-state index in [0.717, 1.165) is 0 Å². The largest absolute Gasteiger partial charge is 0.339 e. The van der Waals surface area contributed by atoms with Crippen molar-refractivity contribution in [3.05, 3.63) is 0 Å². The molecule has 0 heterocycles. The van der Waals surface area contributed by atoms with Crippen LogP contribution in [-0.4, -0.2) is 19.7 Å². The first-order valence-electron chi connectivity index (χ1n) is 2.40. The summed E-state index contributed by atoms with van der Waals surface area (Å²) >= 11 is 0. The Morgan fingerprint density at radius 1 is 1.75 bits per heavy atom. The number of hydroxylamine groups is 1. The first-order chi connectivity index (χ1) is 3.81. The number of hydrogen-bond donors (Lipinski definition) is 2. The molecule has 2 N–H and O–H groups in total. The van der Waals surface area contributed by atoms with Gasteiger partial charge in [0.15, 0.2) is 0 Å². The first kappa shape index (κ1) is 7.23. The fraction of sp³-hybridized carbons (Fsp3) is 0.750. The van der Waals surface area contributed by atoms with Gasteiger partial charge < -0.3 is 5.32 Å². The molecule has 48 valence electrons. The van der Waals surface area contributed by atoms with Crippen molar-refractivity contribution in [1.82, 2.24) is 10.8 Å². The van der Waals surface area contributed by atoms with Crippen molar-refractivity contribution in [1.29, 1.82) is 0 Å². The summed E-state index contributed by atoms with van der Waals surface area (Å²) in [7, 11) is 1.52. The van der Waals surface area contributed by atoms with Crippen LogP contribution in [0.2, 0.25) is 0 Å². The molecule has 0 atom stereocenters. The number of carbonyl (C=O) groups is 1. The maximum absolute atomic E-state index is 10.2. The van der Waals surface area contributed by atoms with Crippen molar-refractivity contribution in [3.8, 4) is 0 Å². The van der Waals surface area contributed by atoms with Crippen molar-refractivity contribution in [2.75, 3.05) is 13.7 Å². The zero-order valence-corrected chi connectivity index (χ0v) is 5.02. The number of nitrogens with one attached hydrogen (secondary N) is 2. The summed E-state index contributed by atoms with van der Waals surface area (Å²) in [5.41, 5.74) is 2.13. The van der Waals surface area contributed by atoms with Crippen LogP contribution in [-0.2, 0) is 4.84 Å². The molecule has 2 amide bonds. The molecule has 0 aliphatic rings. The number of rotatable bonds is 2. The van der Waals surface area contributed by atoms with Crippen LogP contribution < -0.4 is 10.8 Å². The number of hydrogen-bond acceptors (Lipinski definition) is 2. The van der Waals surface area contributed by atoms with E-state index in [2.05, 4.69) is 15.6 Å². The molecule has 0 radical (unpaired) electrons. The molecular weight excluding hydrogens is 108 g/mol. The van der Waals surface area contributed by atoms with Gasteiger partial charge in [-0.1, -0.05) is 0 Å². The van der Waals surface area contributed by atoms with Crippen molar-refractivity contribution in [2.45, 2.75) is 6.92 Å². The van der Waals surface area contributed by atoms with Crippen molar-refractivity contribution >= 4 is 6.03 Å². The summed E-state index contributed by atoms with van der Waals surface area (Å²) in [6.07, 6.45) is 0. The molecule has 0 rings (SSSR count). The van der Waals surface area contributed by atoms with Crippen molar-refractivity contribution in [2.24, 2.45) is 0 Å². The molecule has 0 aromatic heterocycles. The van der Waals surface area contributed by atoms with Gasteiger partial charge in [-0.15, -0.1) is 0 Å². The van der Waals surface area contributed by atoms with Gasteiger partial charge in [-0.3, -0.25) is 4.84 Å². The zero-order chi connectivity index (χ0) is 6.41. The van der Waals surface area contributed by atoms with Crippen LogP contribution in [0.3, 0.4) is 0 Å². The highest BCUT2D eigenvalue weighted by molar-refractivity contribution is 5.72. The molecule has 8 heavy (non-hydrogen) atoms. The average molecular weight is 118 g/mol. The standard InChI is InChI=1S/C4H10N2O2/c1-3-8-6-4(7)5-2/h3H2,1-2H3,(H2,5,6,7). The second-order valence-corrected chi connectivity index (χ2v) is 1.11. The summed E-state index contributed by atoms with van der Waals surface area (Å²) in [5.74, 6) is 0. The molecule has 0 unspecified atom stereocenters. The van der Waals surface area contributed by atoms with Crippen molar-refractivity contribution < 1.29 is 9.63 Å². The van der Waals surface area contributed by atoms with Gasteiger partial charge in [0.1, 0.15) is 0 Å². The monoisotopic (exact) mass is 118 g/mol. The second kappa shape index (κ2) is 4.39. The molecular formula is C4H10N2O2. The molecule has 4 heteroatoms. The van der Waals surface area contributed by atoms with Crippen LogP contribution in [0, 0.1) is 0 Å². The maximum atomic E-state index is 10.2. The number of carbonyl (C=O) groups excluding carboxylic acids is 1. The van der Waals surface area contributed by atoms with E-state index in [-0.39, 0.29) is 6.03 Å². The van der Waals surface area contributed by atoms with Crippen LogP contribution in [0.15, 0.2) is 0 Å². The van der Waals surface area contributed by atoms with Gasteiger partial charge in [0.25, 0.3) is 0 Å². The van der Waals surface area contributed by atoms with E-state index in [1.54, 1.807) is 6.92 Å². The fourth-order valence-electron chi connectivity index (χ4n) is 0.189. The van der Waals surface area contributed by atoms with E-state index in [1.165, 1.54) is 7.05 Å². The summed E-state index contributed by atoms with van der Waals surface area (Å²) in [5, 5.41) is 2.32. The van der Waals surface area contributed by atoms with E-state index in [1.807, 2.05) is 0 Å². The Bertz CT molecular complexity index is 74.4. The third-order valence-electron chi connectivity index (χ3n) is 0.536. The molecule has 0 aliphatic heterocycles. The summed E-state index contributed by atoms with van der Waals surface area (Å²) in [6.45, 7) is 2.27. The Balaban J connectivity index is 2.99. The topological polar surface area (TPSA) is 50.4 Å². The van der Waals surface area contributed by atoms with E-state index < -0.39 is 0 Å². The highest BCUT2D eigenvalue weighted by Gasteiger charge is 1.89. The Morgan fingerprint density at radius 2 is 2.38 bits per heavy atom. The van der Waals surface area contributed by atoms with Gasteiger partial charge in [-0.2, -0.15) is 0 Å². The molecule has 0 bridgehead atoms. The van der Waals surface area contributed by atoms with Gasteiger partial charge in [-0.05, 0) is 6.92 Å². The Morgan fingerprint density at radius 3 is 2.75 bits per heavy atom. The third kappa shape index (κ3) is 3.42. The molecule has 0 aliphatic carbocycles. The van der Waals surface area contributed by atoms with Gasteiger partial charge in [0.2, 0.25) is 0 Å². The zero-order valence-electron chi connectivity index (χ0n) is 5.02.